The predicted molar refractivity (Wildman–Crippen MR) is 65.3 cm³/mol. The summed E-state index contributed by atoms with van der Waals surface area (Å²) in [4.78, 5) is 0. The summed E-state index contributed by atoms with van der Waals surface area (Å²) in [5.41, 5.74) is 0.133. The van der Waals surface area contributed by atoms with Crippen molar-refractivity contribution in [2.75, 3.05) is 5.75 Å². The number of hydrogen-bond acceptors (Lipinski definition) is 3. The monoisotopic (exact) mass is 300 g/mol. The molecular formula is C10H11Cl2FO3S. The largest absolute Gasteiger partial charge is 0.384 e. The zero-order valence-corrected chi connectivity index (χ0v) is 11.2. The topological polar surface area (TPSA) is 54.4 Å². The Balaban J connectivity index is 3.12. The number of aliphatic hydroxyl groups excluding tert-OH is 1. The molecule has 0 heterocycles. The van der Waals surface area contributed by atoms with Crippen molar-refractivity contribution in [1.82, 2.24) is 0 Å². The number of halogens is 3. The lowest BCUT2D eigenvalue weighted by atomic mass is 10.1. The average Bonchev–Trinajstić information content (AvgIpc) is 2.28. The van der Waals surface area contributed by atoms with Crippen LogP contribution in [0.1, 0.15) is 18.6 Å². The molecule has 0 aliphatic carbocycles. The Morgan fingerprint density at radius 2 is 1.82 bits per heavy atom. The highest BCUT2D eigenvalue weighted by atomic mass is 35.5. The molecule has 0 saturated heterocycles. The van der Waals surface area contributed by atoms with Gasteiger partial charge in [-0.3, -0.25) is 0 Å². The van der Waals surface area contributed by atoms with Gasteiger partial charge in [-0.15, -0.1) is 0 Å². The van der Waals surface area contributed by atoms with Crippen molar-refractivity contribution in [2.24, 2.45) is 0 Å². The molecule has 0 radical (unpaired) electrons. The van der Waals surface area contributed by atoms with Gasteiger partial charge in [-0.05, 0) is 17.7 Å². The van der Waals surface area contributed by atoms with Crippen molar-refractivity contribution in [2.45, 2.75) is 16.7 Å². The van der Waals surface area contributed by atoms with E-state index in [1.54, 1.807) is 0 Å². The third-order valence-corrected chi connectivity index (χ3v) is 5.94. The van der Waals surface area contributed by atoms with Gasteiger partial charge in [-0.2, -0.15) is 0 Å². The van der Waals surface area contributed by atoms with Gasteiger partial charge in [0.2, 0.25) is 3.67 Å². The van der Waals surface area contributed by atoms with Gasteiger partial charge in [-0.25, -0.2) is 12.8 Å². The summed E-state index contributed by atoms with van der Waals surface area (Å²) in [7, 11) is -3.87. The summed E-state index contributed by atoms with van der Waals surface area (Å²) in [6.45, 7) is 1.37. The first-order valence-corrected chi connectivity index (χ1v) is 7.17. The molecule has 1 rings (SSSR count). The molecule has 96 valence electrons. The number of sulfone groups is 1. The maximum atomic E-state index is 12.7. The zero-order chi connectivity index (χ0) is 13.3. The molecule has 0 fully saturated rings. The molecule has 0 amide bonds. The maximum Gasteiger partial charge on any atom is 0.247 e. The van der Waals surface area contributed by atoms with Crippen molar-refractivity contribution in [1.29, 1.82) is 0 Å². The number of aliphatic hydroxyl groups is 1. The van der Waals surface area contributed by atoms with Crippen LogP contribution in [-0.2, 0) is 9.84 Å². The summed E-state index contributed by atoms with van der Waals surface area (Å²) in [6.07, 6.45) is -1.64. The summed E-state index contributed by atoms with van der Waals surface area (Å²) < 4.78 is 33.5. The Morgan fingerprint density at radius 3 is 2.24 bits per heavy atom. The molecule has 0 unspecified atom stereocenters. The van der Waals surface area contributed by atoms with Gasteiger partial charge < -0.3 is 5.11 Å². The lowest BCUT2D eigenvalue weighted by Gasteiger charge is -2.25. The molecule has 7 heteroatoms. The van der Waals surface area contributed by atoms with Gasteiger partial charge in [0.25, 0.3) is 0 Å². The Kier molecular flexibility index (Phi) is 4.41. The third kappa shape index (κ3) is 2.91. The van der Waals surface area contributed by atoms with Crippen LogP contribution >= 0.6 is 23.2 Å². The van der Waals surface area contributed by atoms with Gasteiger partial charge in [0.1, 0.15) is 11.9 Å². The molecule has 1 atom stereocenters. The van der Waals surface area contributed by atoms with E-state index in [0.717, 1.165) is 12.1 Å². The minimum atomic E-state index is -3.87. The van der Waals surface area contributed by atoms with Crippen LogP contribution in [0.25, 0.3) is 0 Å². The first kappa shape index (κ1) is 14.7. The van der Waals surface area contributed by atoms with Crippen LogP contribution in [0.3, 0.4) is 0 Å². The summed E-state index contributed by atoms with van der Waals surface area (Å²) in [5, 5.41) is 9.84. The summed E-state index contributed by atoms with van der Waals surface area (Å²) in [5.74, 6) is -0.813. The Bertz CT molecular complexity index is 485. The van der Waals surface area contributed by atoms with Crippen molar-refractivity contribution in [3.05, 3.63) is 35.6 Å². The van der Waals surface area contributed by atoms with Gasteiger partial charge in [-0.1, -0.05) is 42.3 Å². The van der Waals surface area contributed by atoms with E-state index < -0.39 is 25.4 Å². The van der Waals surface area contributed by atoms with Gasteiger partial charge in [0, 0.05) is 0 Å². The number of alkyl halides is 2. The second-order valence-electron chi connectivity index (χ2n) is 3.42. The number of benzene rings is 1. The highest BCUT2D eigenvalue weighted by molar-refractivity contribution is 7.95. The van der Waals surface area contributed by atoms with Crippen molar-refractivity contribution < 1.29 is 17.9 Å². The Morgan fingerprint density at radius 1 is 1.35 bits per heavy atom. The van der Waals surface area contributed by atoms with Gasteiger partial charge in [0.05, 0.1) is 5.75 Å². The Hall–Kier alpha value is -0.360. The van der Waals surface area contributed by atoms with Crippen LogP contribution in [0.5, 0.6) is 0 Å². The highest BCUT2D eigenvalue weighted by Crippen LogP contribution is 2.41. The van der Waals surface area contributed by atoms with E-state index in [4.69, 9.17) is 23.2 Å². The minimum absolute atomic E-state index is 0.133. The highest BCUT2D eigenvalue weighted by Gasteiger charge is 2.46. The molecule has 1 aromatic rings. The van der Waals surface area contributed by atoms with Gasteiger partial charge in [0.15, 0.2) is 9.84 Å². The first-order valence-electron chi connectivity index (χ1n) is 4.76. The van der Waals surface area contributed by atoms with Crippen LogP contribution < -0.4 is 0 Å². The van der Waals surface area contributed by atoms with Gasteiger partial charge >= 0.3 is 0 Å². The fraction of sp³-hybridized carbons (Fsp3) is 0.400. The Labute approximate surface area is 109 Å². The number of hydrogen-bond donors (Lipinski definition) is 1. The van der Waals surface area contributed by atoms with Crippen molar-refractivity contribution >= 4 is 33.0 Å². The quantitative estimate of drug-likeness (QED) is 0.869. The SMILES string of the molecule is CCS(=O)(=O)C(Cl)(Cl)[C@H](O)c1ccc(F)cc1. The normalized spacial score (nSPS) is 14.6. The summed E-state index contributed by atoms with van der Waals surface area (Å²) >= 11 is 11.4. The molecule has 0 spiro atoms. The molecule has 1 aromatic carbocycles. The zero-order valence-electron chi connectivity index (χ0n) is 8.90. The molecule has 0 aliphatic rings. The second-order valence-corrected chi connectivity index (χ2v) is 7.70. The molecule has 0 aromatic heterocycles. The van der Waals surface area contributed by atoms with E-state index in [0.29, 0.717) is 0 Å². The standard InChI is InChI=1S/C10H11Cl2FO3S/c1-2-17(15,16)10(11,12)9(14)7-3-5-8(13)6-4-7/h3-6,9,14H,2H2,1H3/t9-/m1/s1. The van der Waals surface area contributed by atoms with Crippen LogP contribution in [0.4, 0.5) is 4.39 Å². The predicted octanol–water partition coefficient (Wildman–Crippen LogP) is 2.43. The maximum absolute atomic E-state index is 12.7. The second kappa shape index (κ2) is 5.10. The van der Waals surface area contributed by atoms with Crippen LogP contribution in [0.2, 0.25) is 0 Å². The molecule has 1 N–H and O–H groups in total. The van der Waals surface area contributed by atoms with E-state index in [2.05, 4.69) is 0 Å². The van der Waals surface area contributed by atoms with E-state index in [-0.39, 0.29) is 11.3 Å². The van der Waals surface area contributed by atoms with E-state index >= 15 is 0 Å². The van der Waals surface area contributed by atoms with E-state index in [1.807, 2.05) is 0 Å². The molecule has 0 aliphatic heterocycles. The fourth-order valence-corrected chi connectivity index (χ4v) is 2.97. The lowest BCUT2D eigenvalue weighted by molar-refractivity contribution is 0.181. The average molecular weight is 301 g/mol. The number of rotatable bonds is 4. The van der Waals surface area contributed by atoms with Crippen LogP contribution in [0, 0.1) is 5.82 Å². The smallest absolute Gasteiger partial charge is 0.247 e. The van der Waals surface area contributed by atoms with Crippen LogP contribution in [-0.4, -0.2) is 22.9 Å². The van der Waals surface area contributed by atoms with E-state index in [1.165, 1.54) is 19.1 Å². The molecule has 17 heavy (non-hydrogen) atoms. The molecule has 3 nitrogen and oxygen atoms in total. The van der Waals surface area contributed by atoms with Crippen LogP contribution in [0.15, 0.2) is 24.3 Å². The summed E-state index contributed by atoms with van der Waals surface area (Å²) in [6, 6.07) is 4.62. The lowest BCUT2D eigenvalue weighted by Crippen LogP contribution is -2.34. The molecular weight excluding hydrogens is 290 g/mol. The minimum Gasteiger partial charge on any atom is -0.384 e. The van der Waals surface area contributed by atoms with E-state index in [9.17, 15) is 17.9 Å². The third-order valence-electron chi connectivity index (χ3n) is 2.30. The van der Waals surface area contributed by atoms with Crippen molar-refractivity contribution in [3.8, 4) is 0 Å². The molecule has 0 bridgehead atoms. The van der Waals surface area contributed by atoms with Crippen molar-refractivity contribution in [3.63, 3.8) is 0 Å². The first-order chi connectivity index (χ1) is 7.72. The fourth-order valence-electron chi connectivity index (χ4n) is 1.20. The molecule has 0 saturated carbocycles.